The van der Waals surface area contributed by atoms with E-state index in [1.807, 2.05) is 0 Å². The number of aliphatic hydroxyl groups excluding tert-OH is 2. The van der Waals surface area contributed by atoms with Gasteiger partial charge in [0.2, 0.25) is 10.0 Å². The molecule has 96 valence electrons. The van der Waals surface area contributed by atoms with E-state index >= 15 is 0 Å². The maximum absolute atomic E-state index is 11.7. The molecule has 0 heterocycles. The van der Waals surface area contributed by atoms with Gasteiger partial charge in [-0.3, -0.25) is 0 Å². The summed E-state index contributed by atoms with van der Waals surface area (Å²) in [6.07, 6.45) is -1.13. The zero-order chi connectivity index (χ0) is 13.1. The number of hydrogen-bond acceptors (Lipinski definition) is 5. The Morgan fingerprint density at radius 2 is 2.12 bits per heavy atom. The molecule has 1 unspecified atom stereocenters. The molecule has 0 aliphatic heterocycles. The smallest absolute Gasteiger partial charge is 0.240 e. The second-order valence-electron chi connectivity index (χ2n) is 3.37. The standard InChI is InChI=1S/C9H13BrN2O4S/c10-8-2-1-7(3-9(8)11)17(15,16)12-4-6(14)5-13/h1-3,6,12-14H,4-5,11H2. The Kier molecular flexibility index (Phi) is 4.90. The minimum absolute atomic E-state index is 0.00309. The van der Waals surface area contributed by atoms with Crippen LogP contribution in [0, 0.1) is 0 Å². The lowest BCUT2D eigenvalue weighted by molar-refractivity contribution is 0.0988. The Hall–Kier alpha value is -0.670. The molecule has 8 heteroatoms. The van der Waals surface area contributed by atoms with E-state index in [4.69, 9.17) is 15.9 Å². The minimum Gasteiger partial charge on any atom is -0.398 e. The Bertz CT molecular complexity index is 492. The van der Waals surface area contributed by atoms with Crippen molar-refractivity contribution in [2.75, 3.05) is 18.9 Å². The second kappa shape index (κ2) is 5.78. The quantitative estimate of drug-likeness (QED) is 0.554. The van der Waals surface area contributed by atoms with Gasteiger partial charge in [0.15, 0.2) is 0 Å². The Labute approximate surface area is 108 Å². The molecule has 0 bridgehead atoms. The third-order valence-corrected chi connectivity index (χ3v) is 4.14. The number of nitrogen functional groups attached to an aromatic ring is 1. The van der Waals surface area contributed by atoms with Crippen molar-refractivity contribution in [3.8, 4) is 0 Å². The van der Waals surface area contributed by atoms with Gasteiger partial charge in [0, 0.05) is 16.7 Å². The first-order valence-electron chi connectivity index (χ1n) is 4.70. The second-order valence-corrected chi connectivity index (χ2v) is 5.99. The summed E-state index contributed by atoms with van der Waals surface area (Å²) < 4.78 is 26.3. The molecule has 0 amide bonds. The first kappa shape index (κ1) is 14.4. The van der Waals surface area contributed by atoms with Gasteiger partial charge >= 0.3 is 0 Å². The monoisotopic (exact) mass is 324 g/mol. The lowest BCUT2D eigenvalue weighted by Gasteiger charge is -2.10. The molecule has 1 atom stereocenters. The van der Waals surface area contributed by atoms with Gasteiger partial charge in [-0.25, -0.2) is 13.1 Å². The number of sulfonamides is 1. The highest BCUT2D eigenvalue weighted by Crippen LogP contribution is 2.22. The zero-order valence-electron chi connectivity index (χ0n) is 8.80. The predicted octanol–water partition coefficient (Wildman–Crippen LogP) is -0.337. The van der Waals surface area contributed by atoms with E-state index in [1.165, 1.54) is 18.2 Å². The molecule has 6 nitrogen and oxygen atoms in total. The molecule has 0 saturated heterocycles. The molecule has 0 fully saturated rings. The first-order valence-corrected chi connectivity index (χ1v) is 6.98. The van der Waals surface area contributed by atoms with E-state index in [-0.39, 0.29) is 11.4 Å². The first-order chi connectivity index (χ1) is 7.86. The lowest BCUT2D eigenvalue weighted by atomic mass is 10.3. The third-order valence-electron chi connectivity index (χ3n) is 2.00. The summed E-state index contributed by atoms with van der Waals surface area (Å²) in [6.45, 7) is -0.764. The third kappa shape index (κ3) is 3.93. The van der Waals surface area contributed by atoms with Crippen LogP contribution in [0.25, 0.3) is 0 Å². The van der Waals surface area contributed by atoms with Gasteiger partial charge in [-0.1, -0.05) is 0 Å². The topological polar surface area (TPSA) is 113 Å². The van der Waals surface area contributed by atoms with E-state index in [0.717, 1.165) is 0 Å². The molecule has 5 N–H and O–H groups in total. The molecule has 0 radical (unpaired) electrons. The number of halogens is 1. The van der Waals surface area contributed by atoms with Crippen LogP contribution in [0.2, 0.25) is 0 Å². The van der Waals surface area contributed by atoms with Gasteiger partial charge in [0.05, 0.1) is 17.6 Å². The van der Waals surface area contributed by atoms with Crippen LogP contribution in [0.4, 0.5) is 5.69 Å². The maximum Gasteiger partial charge on any atom is 0.240 e. The predicted molar refractivity (Wildman–Crippen MR) is 66.8 cm³/mol. The Balaban J connectivity index is 2.86. The minimum atomic E-state index is -3.73. The summed E-state index contributed by atoms with van der Waals surface area (Å²) in [7, 11) is -3.73. The molecule has 0 aromatic heterocycles. The van der Waals surface area contributed by atoms with Crippen LogP contribution in [0.15, 0.2) is 27.6 Å². The van der Waals surface area contributed by atoms with Crippen LogP contribution in [0.3, 0.4) is 0 Å². The molecule has 0 aliphatic carbocycles. The van der Waals surface area contributed by atoms with Gasteiger partial charge in [-0.2, -0.15) is 0 Å². The average Bonchev–Trinajstić information content (AvgIpc) is 2.29. The van der Waals surface area contributed by atoms with Crippen LogP contribution in [-0.2, 0) is 10.0 Å². The van der Waals surface area contributed by atoms with Crippen LogP contribution in [0.1, 0.15) is 0 Å². The van der Waals surface area contributed by atoms with Gasteiger partial charge < -0.3 is 15.9 Å². The Morgan fingerprint density at radius 3 is 2.65 bits per heavy atom. The van der Waals surface area contributed by atoms with Crippen molar-refractivity contribution in [3.63, 3.8) is 0 Å². The van der Waals surface area contributed by atoms with Crippen molar-refractivity contribution in [1.29, 1.82) is 0 Å². The molecular weight excluding hydrogens is 312 g/mol. The number of aliphatic hydroxyl groups is 2. The van der Waals surface area contributed by atoms with Crippen molar-refractivity contribution in [3.05, 3.63) is 22.7 Å². The van der Waals surface area contributed by atoms with Gasteiger partial charge in [-0.05, 0) is 34.1 Å². The van der Waals surface area contributed by atoms with Crippen molar-refractivity contribution in [2.45, 2.75) is 11.0 Å². The molecule has 0 saturated carbocycles. The molecule has 1 aromatic carbocycles. The SMILES string of the molecule is Nc1cc(S(=O)(=O)NCC(O)CO)ccc1Br. The fourth-order valence-corrected chi connectivity index (χ4v) is 2.40. The zero-order valence-corrected chi connectivity index (χ0v) is 11.2. The Morgan fingerprint density at radius 1 is 1.47 bits per heavy atom. The van der Waals surface area contributed by atoms with Gasteiger partial charge in [0.25, 0.3) is 0 Å². The fourth-order valence-electron chi connectivity index (χ4n) is 1.04. The highest BCUT2D eigenvalue weighted by Gasteiger charge is 2.16. The lowest BCUT2D eigenvalue weighted by Crippen LogP contribution is -2.33. The molecule has 17 heavy (non-hydrogen) atoms. The van der Waals surface area contributed by atoms with Gasteiger partial charge in [-0.15, -0.1) is 0 Å². The van der Waals surface area contributed by atoms with Crippen molar-refractivity contribution >= 4 is 31.6 Å². The average molecular weight is 325 g/mol. The molecule has 0 spiro atoms. The number of nitrogens with one attached hydrogen (secondary N) is 1. The van der Waals surface area contributed by atoms with Crippen molar-refractivity contribution in [2.24, 2.45) is 0 Å². The number of benzene rings is 1. The number of anilines is 1. The van der Waals surface area contributed by atoms with Crippen molar-refractivity contribution in [1.82, 2.24) is 4.72 Å². The highest BCUT2D eigenvalue weighted by atomic mass is 79.9. The highest BCUT2D eigenvalue weighted by molar-refractivity contribution is 9.10. The number of rotatable bonds is 5. The van der Waals surface area contributed by atoms with Gasteiger partial charge in [0.1, 0.15) is 0 Å². The van der Waals surface area contributed by atoms with Crippen LogP contribution in [0.5, 0.6) is 0 Å². The van der Waals surface area contributed by atoms with E-state index in [9.17, 15) is 8.42 Å². The summed E-state index contributed by atoms with van der Waals surface area (Å²) in [5.74, 6) is 0. The number of nitrogens with two attached hydrogens (primary N) is 1. The maximum atomic E-state index is 11.7. The molecule has 1 rings (SSSR count). The molecule has 1 aromatic rings. The summed E-state index contributed by atoms with van der Waals surface area (Å²) in [4.78, 5) is 0.00309. The summed E-state index contributed by atoms with van der Waals surface area (Å²) >= 11 is 3.16. The van der Waals surface area contributed by atoms with Crippen LogP contribution < -0.4 is 10.5 Å². The fraction of sp³-hybridized carbons (Fsp3) is 0.333. The van der Waals surface area contributed by atoms with E-state index < -0.39 is 22.7 Å². The van der Waals surface area contributed by atoms with Crippen LogP contribution >= 0.6 is 15.9 Å². The summed E-state index contributed by atoms with van der Waals surface area (Å²) in [5.41, 5.74) is 5.87. The summed E-state index contributed by atoms with van der Waals surface area (Å²) in [5, 5.41) is 17.6. The normalized spacial score (nSPS) is 13.6. The van der Waals surface area contributed by atoms with E-state index in [2.05, 4.69) is 20.7 Å². The molecule has 0 aliphatic rings. The van der Waals surface area contributed by atoms with Crippen LogP contribution in [-0.4, -0.2) is 37.9 Å². The van der Waals surface area contributed by atoms with E-state index in [0.29, 0.717) is 10.2 Å². The largest absolute Gasteiger partial charge is 0.398 e. The summed E-state index contributed by atoms with van der Waals surface area (Å²) in [6, 6.07) is 4.21. The van der Waals surface area contributed by atoms with Crippen molar-refractivity contribution < 1.29 is 18.6 Å². The van der Waals surface area contributed by atoms with E-state index in [1.54, 1.807) is 0 Å². The molecular formula is C9H13BrN2O4S. The number of hydrogen-bond donors (Lipinski definition) is 4.